The average molecular weight is 90.1 g/mol. The Bertz CT molecular complexity index is 19.5. The molecule has 0 amide bonds. The van der Waals surface area contributed by atoms with Crippen LogP contribution in [-0.4, -0.2) is 13.2 Å². The van der Waals surface area contributed by atoms with Crippen molar-refractivity contribution in [2.45, 2.75) is 13.8 Å². The zero-order chi connectivity index (χ0) is 4.83. The molecule has 0 saturated carbocycles. The first-order chi connectivity index (χ1) is 2.91. The molecule has 0 aromatic rings. The van der Waals surface area contributed by atoms with Crippen LogP contribution in [0.25, 0.3) is 0 Å². The Morgan fingerprint density at radius 1 is 1.50 bits per heavy atom. The van der Waals surface area contributed by atoms with E-state index in [0.717, 1.165) is 13.2 Å². The molecule has 0 bridgehead atoms. The Balaban J connectivity index is 2.34. The van der Waals surface area contributed by atoms with Crippen LogP contribution in [0.3, 0.4) is 0 Å². The summed E-state index contributed by atoms with van der Waals surface area (Å²) in [7, 11) is 0. The van der Waals surface area contributed by atoms with Crippen LogP contribution in [0.4, 0.5) is 0 Å². The van der Waals surface area contributed by atoms with Crippen molar-refractivity contribution < 1.29 is 10.3 Å². The molecular weight excluding hydrogens is 78.0 g/mol. The molecule has 0 unspecified atom stereocenters. The third-order valence-electron chi connectivity index (χ3n) is 0.451. The van der Waals surface area contributed by atoms with Gasteiger partial charge in [0.15, 0.2) is 0 Å². The van der Waals surface area contributed by atoms with Crippen LogP contribution < -0.4 is 5.48 Å². The molecule has 0 heterocycles. The van der Waals surface area contributed by atoms with E-state index in [2.05, 4.69) is 6.92 Å². The molecular formula is C4H12NO+. The summed E-state index contributed by atoms with van der Waals surface area (Å²) in [5.41, 5.74) is 1.81. The van der Waals surface area contributed by atoms with Gasteiger partial charge in [-0.1, -0.05) is 0 Å². The summed E-state index contributed by atoms with van der Waals surface area (Å²) >= 11 is 0. The Labute approximate surface area is 38.5 Å². The number of hydrogen-bond acceptors (Lipinski definition) is 1. The van der Waals surface area contributed by atoms with Crippen molar-refractivity contribution in [3.8, 4) is 0 Å². The van der Waals surface area contributed by atoms with Crippen molar-refractivity contribution in [1.82, 2.24) is 0 Å². The van der Waals surface area contributed by atoms with Crippen LogP contribution >= 0.6 is 0 Å². The SMILES string of the molecule is CC[NH2+]OCC. The summed E-state index contributed by atoms with van der Waals surface area (Å²) in [5.74, 6) is 0. The molecule has 0 aromatic heterocycles. The lowest BCUT2D eigenvalue weighted by Gasteiger charge is -1.89. The van der Waals surface area contributed by atoms with Gasteiger partial charge in [0.25, 0.3) is 0 Å². The predicted molar refractivity (Wildman–Crippen MR) is 24.1 cm³/mol. The second kappa shape index (κ2) is 4.92. The van der Waals surface area contributed by atoms with Crippen LogP contribution in [0, 0.1) is 0 Å². The van der Waals surface area contributed by atoms with E-state index in [-0.39, 0.29) is 0 Å². The molecule has 2 nitrogen and oxygen atoms in total. The lowest BCUT2D eigenvalue weighted by atomic mass is 10.8. The van der Waals surface area contributed by atoms with Crippen LogP contribution in [0.15, 0.2) is 0 Å². The lowest BCUT2D eigenvalue weighted by molar-refractivity contribution is -0.893. The van der Waals surface area contributed by atoms with Gasteiger partial charge < -0.3 is 0 Å². The molecule has 0 atom stereocenters. The monoisotopic (exact) mass is 90.1 g/mol. The van der Waals surface area contributed by atoms with E-state index in [9.17, 15) is 0 Å². The van der Waals surface area contributed by atoms with Crippen molar-refractivity contribution >= 4 is 0 Å². The van der Waals surface area contributed by atoms with Gasteiger partial charge in [0.05, 0.1) is 0 Å². The Hall–Kier alpha value is -0.0800. The fraction of sp³-hybridized carbons (Fsp3) is 1.00. The molecule has 0 rings (SSSR count). The molecule has 0 radical (unpaired) electrons. The van der Waals surface area contributed by atoms with Crippen LogP contribution in [-0.2, 0) is 4.84 Å². The topological polar surface area (TPSA) is 25.8 Å². The Morgan fingerprint density at radius 2 is 2.17 bits per heavy atom. The van der Waals surface area contributed by atoms with E-state index in [1.165, 1.54) is 0 Å². The van der Waals surface area contributed by atoms with Gasteiger partial charge in [-0.15, -0.1) is 0 Å². The molecule has 0 aliphatic rings. The van der Waals surface area contributed by atoms with Crippen molar-refractivity contribution in [1.29, 1.82) is 0 Å². The molecule has 2 N–H and O–H groups in total. The smallest absolute Gasteiger partial charge is 0.103 e. The van der Waals surface area contributed by atoms with Crippen LogP contribution in [0.2, 0.25) is 0 Å². The van der Waals surface area contributed by atoms with Crippen LogP contribution in [0.1, 0.15) is 13.8 Å². The Morgan fingerprint density at radius 3 is 2.33 bits per heavy atom. The van der Waals surface area contributed by atoms with Gasteiger partial charge in [0.1, 0.15) is 13.2 Å². The second-order valence-electron chi connectivity index (χ2n) is 1.03. The molecule has 6 heavy (non-hydrogen) atoms. The Kier molecular flexibility index (Phi) is 4.85. The van der Waals surface area contributed by atoms with Gasteiger partial charge in [-0.25, -0.2) is 10.3 Å². The molecule has 0 fully saturated rings. The van der Waals surface area contributed by atoms with Gasteiger partial charge >= 0.3 is 0 Å². The summed E-state index contributed by atoms with van der Waals surface area (Å²) in [6.45, 7) is 5.84. The molecule has 38 valence electrons. The second-order valence-corrected chi connectivity index (χ2v) is 1.03. The first-order valence-electron chi connectivity index (χ1n) is 2.35. The van der Waals surface area contributed by atoms with E-state index in [4.69, 9.17) is 4.84 Å². The van der Waals surface area contributed by atoms with E-state index in [1.807, 2.05) is 6.92 Å². The number of rotatable bonds is 3. The maximum atomic E-state index is 4.86. The molecule has 0 spiro atoms. The van der Waals surface area contributed by atoms with Crippen molar-refractivity contribution in [3.05, 3.63) is 0 Å². The zero-order valence-corrected chi connectivity index (χ0v) is 4.40. The highest BCUT2D eigenvalue weighted by molar-refractivity contribution is 3.91. The van der Waals surface area contributed by atoms with E-state index in [0.29, 0.717) is 0 Å². The fourth-order valence-corrected chi connectivity index (χ4v) is 0.236. The van der Waals surface area contributed by atoms with Gasteiger partial charge in [0.2, 0.25) is 0 Å². The summed E-state index contributed by atoms with van der Waals surface area (Å²) in [4.78, 5) is 4.86. The maximum absolute atomic E-state index is 4.86. The minimum Gasteiger partial charge on any atom is -0.207 e. The number of hydroxylamine groups is 1. The molecule has 0 saturated heterocycles. The average Bonchev–Trinajstić information content (AvgIpc) is 1.61. The molecule has 0 aromatic carbocycles. The highest BCUT2D eigenvalue weighted by Gasteiger charge is 1.74. The van der Waals surface area contributed by atoms with E-state index < -0.39 is 0 Å². The quantitative estimate of drug-likeness (QED) is 0.367. The number of nitrogens with two attached hydrogens (primary N) is 1. The third kappa shape index (κ3) is 3.92. The fourth-order valence-electron chi connectivity index (χ4n) is 0.236. The highest BCUT2D eigenvalue weighted by Crippen LogP contribution is 1.47. The normalized spacial score (nSPS) is 9.00. The maximum Gasteiger partial charge on any atom is 0.103 e. The minimum atomic E-state index is 0.799. The van der Waals surface area contributed by atoms with Crippen LogP contribution in [0.5, 0.6) is 0 Å². The highest BCUT2D eigenvalue weighted by atomic mass is 16.6. The van der Waals surface area contributed by atoms with Crippen molar-refractivity contribution in [3.63, 3.8) is 0 Å². The van der Waals surface area contributed by atoms with Crippen molar-refractivity contribution in [2.75, 3.05) is 13.2 Å². The van der Waals surface area contributed by atoms with E-state index >= 15 is 0 Å². The predicted octanol–water partition coefficient (Wildman–Crippen LogP) is -0.479. The van der Waals surface area contributed by atoms with E-state index in [1.54, 1.807) is 5.48 Å². The number of quaternary nitrogens is 1. The van der Waals surface area contributed by atoms with Crippen molar-refractivity contribution in [2.24, 2.45) is 0 Å². The molecule has 2 heteroatoms. The first kappa shape index (κ1) is 5.92. The van der Waals surface area contributed by atoms with Gasteiger partial charge in [-0.3, -0.25) is 0 Å². The number of hydrogen-bond donors (Lipinski definition) is 1. The summed E-state index contributed by atoms with van der Waals surface area (Å²) in [5, 5.41) is 0. The van der Waals surface area contributed by atoms with Gasteiger partial charge in [0, 0.05) is 0 Å². The zero-order valence-electron chi connectivity index (χ0n) is 4.40. The standard InChI is InChI=1S/C4H11NO/c1-3-5-6-4-2/h5H,3-4H2,1-2H3/p+1. The molecule has 0 aliphatic carbocycles. The minimum absolute atomic E-state index is 0.799. The van der Waals surface area contributed by atoms with Gasteiger partial charge in [-0.05, 0) is 13.8 Å². The molecule has 0 aliphatic heterocycles. The summed E-state index contributed by atoms with van der Waals surface area (Å²) in [6.07, 6.45) is 0. The summed E-state index contributed by atoms with van der Waals surface area (Å²) < 4.78 is 0. The third-order valence-corrected chi connectivity index (χ3v) is 0.451. The largest absolute Gasteiger partial charge is 0.207 e. The first-order valence-corrected chi connectivity index (χ1v) is 2.35. The van der Waals surface area contributed by atoms with Gasteiger partial charge in [-0.2, -0.15) is 0 Å². The lowest BCUT2D eigenvalue weighted by Crippen LogP contribution is -2.82. The summed E-state index contributed by atoms with van der Waals surface area (Å²) in [6, 6.07) is 0.